The number of rotatable bonds is 4. The van der Waals surface area contributed by atoms with Gasteiger partial charge in [-0.05, 0) is 38.2 Å². The van der Waals surface area contributed by atoms with Gasteiger partial charge in [0.1, 0.15) is 5.75 Å². The first-order valence-corrected chi connectivity index (χ1v) is 8.00. The highest BCUT2D eigenvalue weighted by atomic mass is 79.9. The molecular formula is C16H23BrO2. The zero-order chi connectivity index (χ0) is 13.8. The molecule has 0 aromatic heterocycles. The van der Waals surface area contributed by atoms with Crippen LogP contribution in [0, 0.1) is 18.8 Å². The van der Waals surface area contributed by atoms with E-state index in [1.807, 2.05) is 6.92 Å². The average Bonchev–Trinajstić information content (AvgIpc) is 2.41. The largest absolute Gasteiger partial charge is 0.494 e. The van der Waals surface area contributed by atoms with Crippen molar-refractivity contribution >= 4 is 15.9 Å². The summed E-state index contributed by atoms with van der Waals surface area (Å²) in [7, 11) is 0. The summed E-state index contributed by atoms with van der Waals surface area (Å²) in [4.78, 5) is 0.341. The molecule has 1 aliphatic heterocycles. The molecule has 3 heteroatoms. The van der Waals surface area contributed by atoms with Crippen LogP contribution in [0.25, 0.3) is 0 Å². The Labute approximate surface area is 124 Å². The van der Waals surface area contributed by atoms with Crippen LogP contribution >= 0.6 is 15.9 Å². The smallest absolute Gasteiger partial charge is 0.123 e. The molecule has 19 heavy (non-hydrogen) atoms. The number of halogens is 1. The molecule has 1 fully saturated rings. The quantitative estimate of drug-likeness (QED) is 0.758. The zero-order valence-corrected chi connectivity index (χ0v) is 13.6. The molecule has 0 N–H and O–H groups in total. The van der Waals surface area contributed by atoms with Crippen LogP contribution in [0.5, 0.6) is 5.75 Å². The van der Waals surface area contributed by atoms with Crippen LogP contribution in [0.2, 0.25) is 0 Å². The number of hydrogen-bond donors (Lipinski definition) is 0. The fourth-order valence-electron chi connectivity index (χ4n) is 2.73. The van der Waals surface area contributed by atoms with Crippen molar-refractivity contribution in [2.24, 2.45) is 11.8 Å². The van der Waals surface area contributed by atoms with Crippen molar-refractivity contribution in [3.63, 3.8) is 0 Å². The van der Waals surface area contributed by atoms with Crippen molar-refractivity contribution in [3.05, 3.63) is 29.3 Å². The Kier molecular flexibility index (Phi) is 5.28. The average molecular weight is 327 g/mol. The van der Waals surface area contributed by atoms with Crippen LogP contribution in [0.4, 0.5) is 0 Å². The molecule has 2 rings (SSSR count). The molecular weight excluding hydrogens is 304 g/mol. The summed E-state index contributed by atoms with van der Waals surface area (Å²) in [6.07, 6.45) is 1.11. The van der Waals surface area contributed by atoms with Gasteiger partial charge in [-0.1, -0.05) is 40.5 Å². The van der Waals surface area contributed by atoms with Crippen LogP contribution in [-0.4, -0.2) is 19.8 Å². The summed E-state index contributed by atoms with van der Waals surface area (Å²) in [5.74, 6) is 2.19. The van der Waals surface area contributed by atoms with Crippen LogP contribution in [-0.2, 0) is 4.74 Å². The standard InChI is InChI=1S/C16H23BrO2/c1-4-19-15-6-5-11(2)9-14(15)16(17)13-7-8-18-10-12(13)3/h5-6,9,12-13,16H,4,7-8,10H2,1-3H3. The lowest BCUT2D eigenvalue weighted by molar-refractivity contribution is 0.0239. The molecule has 0 radical (unpaired) electrons. The topological polar surface area (TPSA) is 18.5 Å². The van der Waals surface area contributed by atoms with E-state index >= 15 is 0 Å². The first-order chi connectivity index (χ1) is 9.13. The van der Waals surface area contributed by atoms with Crippen LogP contribution in [0.1, 0.15) is 36.2 Å². The molecule has 1 heterocycles. The molecule has 1 aromatic rings. The predicted octanol–water partition coefficient (Wildman–Crippen LogP) is 4.50. The van der Waals surface area contributed by atoms with E-state index in [4.69, 9.17) is 9.47 Å². The van der Waals surface area contributed by atoms with Crippen LogP contribution in [0.3, 0.4) is 0 Å². The van der Waals surface area contributed by atoms with E-state index in [0.29, 0.717) is 23.3 Å². The zero-order valence-electron chi connectivity index (χ0n) is 12.0. The predicted molar refractivity (Wildman–Crippen MR) is 82.1 cm³/mol. The number of aryl methyl sites for hydroxylation is 1. The Morgan fingerprint density at radius 3 is 2.95 bits per heavy atom. The minimum Gasteiger partial charge on any atom is -0.494 e. The fourth-order valence-corrected chi connectivity index (χ4v) is 3.88. The van der Waals surface area contributed by atoms with Crippen molar-refractivity contribution in [2.75, 3.05) is 19.8 Å². The van der Waals surface area contributed by atoms with Gasteiger partial charge in [-0.2, -0.15) is 0 Å². The third kappa shape index (κ3) is 3.51. The first kappa shape index (κ1) is 14.9. The molecule has 1 saturated heterocycles. The second-order valence-electron chi connectivity index (χ2n) is 5.38. The van der Waals surface area contributed by atoms with Gasteiger partial charge in [-0.3, -0.25) is 0 Å². The Hall–Kier alpha value is -0.540. The minimum absolute atomic E-state index is 0.341. The monoisotopic (exact) mass is 326 g/mol. The second kappa shape index (κ2) is 6.76. The van der Waals surface area contributed by atoms with E-state index in [2.05, 4.69) is 48.0 Å². The highest BCUT2D eigenvalue weighted by molar-refractivity contribution is 9.09. The third-order valence-electron chi connectivity index (χ3n) is 3.85. The molecule has 3 unspecified atom stereocenters. The van der Waals surface area contributed by atoms with E-state index in [9.17, 15) is 0 Å². The molecule has 1 aliphatic rings. The van der Waals surface area contributed by atoms with Crippen LogP contribution < -0.4 is 4.74 Å². The van der Waals surface area contributed by atoms with Gasteiger partial charge < -0.3 is 9.47 Å². The summed E-state index contributed by atoms with van der Waals surface area (Å²) in [5.41, 5.74) is 2.56. The van der Waals surface area contributed by atoms with E-state index in [1.54, 1.807) is 0 Å². The van der Waals surface area contributed by atoms with Crippen molar-refractivity contribution < 1.29 is 9.47 Å². The van der Waals surface area contributed by atoms with E-state index in [-0.39, 0.29) is 0 Å². The molecule has 3 atom stereocenters. The van der Waals surface area contributed by atoms with Gasteiger partial charge in [0.25, 0.3) is 0 Å². The number of ether oxygens (including phenoxy) is 2. The van der Waals surface area contributed by atoms with E-state index in [0.717, 1.165) is 25.4 Å². The van der Waals surface area contributed by atoms with Gasteiger partial charge >= 0.3 is 0 Å². The van der Waals surface area contributed by atoms with Crippen LogP contribution in [0.15, 0.2) is 18.2 Å². The maximum absolute atomic E-state index is 5.78. The van der Waals surface area contributed by atoms with Gasteiger partial charge in [-0.25, -0.2) is 0 Å². The van der Waals surface area contributed by atoms with Gasteiger partial charge in [-0.15, -0.1) is 0 Å². The molecule has 106 valence electrons. The van der Waals surface area contributed by atoms with Gasteiger partial charge in [0.15, 0.2) is 0 Å². The first-order valence-electron chi connectivity index (χ1n) is 7.08. The SMILES string of the molecule is CCOc1ccc(C)cc1C(Br)C1CCOCC1C. The number of hydrogen-bond acceptors (Lipinski definition) is 2. The fraction of sp³-hybridized carbons (Fsp3) is 0.625. The van der Waals surface area contributed by atoms with Crippen molar-refractivity contribution in [1.29, 1.82) is 0 Å². The molecule has 0 amide bonds. The molecule has 0 spiro atoms. The Morgan fingerprint density at radius 2 is 2.26 bits per heavy atom. The second-order valence-corrected chi connectivity index (χ2v) is 6.37. The van der Waals surface area contributed by atoms with E-state index < -0.39 is 0 Å². The van der Waals surface area contributed by atoms with Gasteiger partial charge in [0.05, 0.1) is 6.61 Å². The number of benzene rings is 1. The molecule has 0 saturated carbocycles. The summed E-state index contributed by atoms with van der Waals surface area (Å²) < 4.78 is 11.3. The highest BCUT2D eigenvalue weighted by Crippen LogP contribution is 2.43. The van der Waals surface area contributed by atoms with Crippen molar-refractivity contribution in [3.8, 4) is 5.75 Å². The minimum atomic E-state index is 0.341. The van der Waals surface area contributed by atoms with Crippen molar-refractivity contribution in [1.82, 2.24) is 0 Å². The lowest BCUT2D eigenvalue weighted by atomic mass is 9.84. The Bertz CT molecular complexity index is 419. The highest BCUT2D eigenvalue weighted by Gasteiger charge is 2.30. The lowest BCUT2D eigenvalue weighted by Gasteiger charge is -2.33. The normalized spacial score (nSPS) is 25.1. The molecule has 1 aromatic carbocycles. The summed E-state index contributed by atoms with van der Waals surface area (Å²) in [6.45, 7) is 8.87. The summed E-state index contributed by atoms with van der Waals surface area (Å²) >= 11 is 3.91. The molecule has 2 nitrogen and oxygen atoms in total. The summed E-state index contributed by atoms with van der Waals surface area (Å²) in [6, 6.07) is 6.45. The van der Waals surface area contributed by atoms with Gasteiger partial charge in [0, 0.05) is 23.6 Å². The van der Waals surface area contributed by atoms with Crippen molar-refractivity contribution in [2.45, 2.75) is 32.0 Å². The Balaban J connectivity index is 2.25. The maximum atomic E-state index is 5.78. The van der Waals surface area contributed by atoms with Gasteiger partial charge in [0.2, 0.25) is 0 Å². The third-order valence-corrected chi connectivity index (χ3v) is 5.02. The van der Waals surface area contributed by atoms with E-state index in [1.165, 1.54) is 11.1 Å². The number of alkyl halides is 1. The summed E-state index contributed by atoms with van der Waals surface area (Å²) in [5, 5.41) is 0. The molecule has 0 aliphatic carbocycles. The Morgan fingerprint density at radius 1 is 1.47 bits per heavy atom. The lowest BCUT2D eigenvalue weighted by Crippen LogP contribution is -2.28. The maximum Gasteiger partial charge on any atom is 0.123 e. The molecule has 0 bridgehead atoms.